The summed E-state index contributed by atoms with van der Waals surface area (Å²) in [6, 6.07) is 21.2. The third-order valence-electron chi connectivity index (χ3n) is 3.77. The standard InChI is InChI=1S/C10H8.C10H14.C2H6/c1-2-6-10-8-4-3-7-9(10)5-1;1-7-5-9(3)10(4)6-8(7)2;1-2/h1-8H;5-6H,1-4H3;1-2H3. The number of rotatable bonds is 0. The first-order valence-electron chi connectivity index (χ1n) is 8.06. The van der Waals surface area contributed by atoms with E-state index in [1.807, 2.05) is 13.8 Å². The molecular formula is C22H28. The number of aryl methyl sites for hydroxylation is 4. The number of hydrogen-bond acceptors (Lipinski definition) is 0. The van der Waals surface area contributed by atoms with E-state index in [-0.39, 0.29) is 0 Å². The van der Waals surface area contributed by atoms with Crippen molar-refractivity contribution in [3.8, 4) is 0 Å². The molecule has 0 aliphatic rings. The molecule has 0 heterocycles. The van der Waals surface area contributed by atoms with Crippen molar-refractivity contribution in [1.29, 1.82) is 0 Å². The van der Waals surface area contributed by atoms with Gasteiger partial charge in [0.1, 0.15) is 0 Å². The van der Waals surface area contributed by atoms with Crippen LogP contribution >= 0.6 is 0 Å². The molecule has 22 heavy (non-hydrogen) atoms. The third-order valence-corrected chi connectivity index (χ3v) is 3.77. The summed E-state index contributed by atoms with van der Waals surface area (Å²) in [6.45, 7) is 12.6. The van der Waals surface area contributed by atoms with Crippen LogP contribution in [0, 0.1) is 27.7 Å². The Kier molecular flexibility index (Phi) is 7.39. The van der Waals surface area contributed by atoms with E-state index in [0.29, 0.717) is 0 Å². The molecule has 0 atom stereocenters. The van der Waals surface area contributed by atoms with Gasteiger partial charge in [-0.15, -0.1) is 0 Å². The van der Waals surface area contributed by atoms with Crippen LogP contribution in [-0.4, -0.2) is 0 Å². The molecular weight excluding hydrogens is 264 g/mol. The zero-order valence-electron chi connectivity index (χ0n) is 14.8. The van der Waals surface area contributed by atoms with Crippen LogP contribution in [0.5, 0.6) is 0 Å². The van der Waals surface area contributed by atoms with Gasteiger partial charge in [-0.3, -0.25) is 0 Å². The smallest absolute Gasteiger partial charge is 0.0184 e. The second-order valence-corrected chi connectivity index (χ2v) is 5.37. The first-order valence-corrected chi connectivity index (χ1v) is 8.06. The highest BCUT2D eigenvalue weighted by Crippen LogP contribution is 2.13. The van der Waals surface area contributed by atoms with Crippen molar-refractivity contribution in [2.24, 2.45) is 0 Å². The molecule has 0 heteroatoms. The molecule has 3 aromatic rings. The van der Waals surface area contributed by atoms with E-state index in [9.17, 15) is 0 Å². The van der Waals surface area contributed by atoms with Crippen LogP contribution in [0.3, 0.4) is 0 Å². The van der Waals surface area contributed by atoms with Gasteiger partial charge in [0.2, 0.25) is 0 Å². The molecule has 0 radical (unpaired) electrons. The summed E-state index contributed by atoms with van der Waals surface area (Å²) in [5.74, 6) is 0. The lowest BCUT2D eigenvalue weighted by molar-refractivity contribution is 1.24. The summed E-state index contributed by atoms with van der Waals surface area (Å²) in [4.78, 5) is 0. The van der Waals surface area contributed by atoms with Crippen LogP contribution < -0.4 is 0 Å². The molecule has 0 bridgehead atoms. The predicted molar refractivity (Wildman–Crippen MR) is 101 cm³/mol. The average Bonchev–Trinajstić information content (AvgIpc) is 2.56. The molecule has 3 aromatic carbocycles. The Balaban J connectivity index is 0.000000198. The highest BCUT2D eigenvalue weighted by Gasteiger charge is 1.95. The average molecular weight is 292 g/mol. The number of benzene rings is 3. The molecule has 0 aliphatic carbocycles. The van der Waals surface area contributed by atoms with Crippen molar-refractivity contribution in [3.05, 3.63) is 82.9 Å². The van der Waals surface area contributed by atoms with Crippen LogP contribution in [-0.2, 0) is 0 Å². The second-order valence-electron chi connectivity index (χ2n) is 5.37. The molecule has 116 valence electrons. The third kappa shape index (κ3) is 5.04. The summed E-state index contributed by atoms with van der Waals surface area (Å²) in [5, 5.41) is 2.62. The summed E-state index contributed by atoms with van der Waals surface area (Å²) in [7, 11) is 0. The topological polar surface area (TPSA) is 0 Å². The van der Waals surface area contributed by atoms with Gasteiger partial charge in [-0.1, -0.05) is 74.5 Å². The Hall–Kier alpha value is -2.08. The molecule has 0 saturated heterocycles. The molecule has 0 amide bonds. The Morgan fingerprint density at radius 2 is 0.682 bits per heavy atom. The number of fused-ring (bicyclic) bond motifs is 1. The molecule has 0 spiro atoms. The van der Waals surface area contributed by atoms with E-state index < -0.39 is 0 Å². The van der Waals surface area contributed by atoms with Crippen molar-refractivity contribution < 1.29 is 0 Å². The Labute approximate surface area is 135 Å². The van der Waals surface area contributed by atoms with Gasteiger partial charge in [0.15, 0.2) is 0 Å². The highest BCUT2D eigenvalue weighted by molar-refractivity contribution is 5.81. The summed E-state index contributed by atoms with van der Waals surface area (Å²) >= 11 is 0. The van der Waals surface area contributed by atoms with E-state index in [2.05, 4.69) is 88.4 Å². The minimum absolute atomic E-state index is 1.31. The van der Waals surface area contributed by atoms with Gasteiger partial charge in [-0.05, 0) is 60.7 Å². The second kappa shape index (κ2) is 9.04. The molecule has 0 saturated carbocycles. The summed E-state index contributed by atoms with van der Waals surface area (Å²) in [6.07, 6.45) is 0. The maximum absolute atomic E-state index is 2.24. The van der Waals surface area contributed by atoms with Gasteiger partial charge in [-0.2, -0.15) is 0 Å². The van der Waals surface area contributed by atoms with Crippen LogP contribution in [0.25, 0.3) is 10.8 Å². The van der Waals surface area contributed by atoms with Crippen molar-refractivity contribution in [1.82, 2.24) is 0 Å². The van der Waals surface area contributed by atoms with E-state index in [1.54, 1.807) is 0 Å². The van der Waals surface area contributed by atoms with Crippen molar-refractivity contribution in [2.75, 3.05) is 0 Å². The van der Waals surface area contributed by atoms with Gasteiger partial charge in [0, 0.05) is 0 Å². The minimum Gasteiger partial charge on any atom is -0.0683 e. The monoisotopic (exact) mass is 292 g/mol. The summed E-state index contributed by atoms with van der Waals surface area (Å²) < 4.78 is 0. The van der Waals surface area contributed by atoms with Crippen molar-refractivity contribution in [3.63, 3.8) is 0 Å². The van der Waals surface area contributed by atoms with Crippen LogP contribution in [0.2, 0.25) is 0 Å². The molecule has 3 rings (SSSR count). The fourth-order valence-corrected chi connectivity index (χ4v) is 2.24. The maximum Gasteiger partial charge on any atom is -0.0184 e. The Morgan fingerprint density at radius 1 is 0.455 bits per heavy atom. The van der Waals surface area contributed by atoms with Crippen LogP contribution in [0.15, 0.2) is 60.7 Å². The van der Waals surface area contributed by atoms with Gasteiger partial charge < -0.3 is 0 Å². The normalized spacial score (nSPS) is 9.36. The quantitative estimate of drug-likeness (QED) is 0.428. The first-order chi connectivity index (χ1) is 10.6. The first kappa shape index (κ1) is 18.0. The fraction of sp³-hybridized carbons (Fsp3) is 0.273. The van der Waals surface area contributed by atoms with E-state index in [0.717, 1.165) is 0 Å². The fourth-order valence-electron chi connectivity index (χ4n) is 2.24. The van der Waals surface area contributed by atoms with Gasteiger partial charge >= 0.3 is 0 Å². The molecule has 0 aromatic heterocycles. The predicted octanol–water partition coefficient (Wildman–Crippen LogP) is 6.79. The van der Waals surface area contributed by atoms with E-state index in [4.69, 9.17) is 0 Å². The highest BCUT2D eigenvalue weighted by atomic mass is 14.0. The molecule has 0 fully saturated rings. The largest absolute Gasteiger partial charge is 0.0683 e. The van der Waals surface area contributed by atoms with Crippen LogP contribution in [0.1, 0.15) is 36.1 Å². The minimum atomic E-state index is 1.31. The van der Waals surface area contributed by atoms with E-state index in [1.165, 1.54) is 33.0 Å². The van der Waals surface area contributed by atoms with Crippen molar-refractivity contribution in [2.45, 2.75) is 41.5 Å². The lowest BCUT2D eigenvalue weighted by Gasteiger charge is -2.04. The molecule has 0 unspecified atom stereocenters. The van der Waals surface area contributed by atoms with Crippen LogP contribution in [0.4, 0.5) is 0 Å². The molecule has 0 aliphatic heterocycles. The molecule has 0 nitrogen and oxygen atoms in total. The van der Waals surface area contributed by atoms with E-state index >= 15 is 0 Å². The zero-order valence-corrected chi connectivity index (χ0v) is 14.8. The van der Waals surface area contributed by atoms with Crippen molar-refractivity contribution >= 4 is 10.8 Å². The van der Waals surface area contributed by atoms with Gasteiger partial charge in [-0.25, -0.2) is 0 Å². The SMILES string of the molecule is CC.Cc1cc(C)c(C)cc1C.c1ccc2ccccc2c1. The number of hydrogen-bond donors (Lipinski definition) is 0. The Bertz CT molecular complexity index is 593. The molecule has 0 N–H and O–H groups in total. The Morgan fingerprint density at radius 3 is 0.909 bits per heavy atom. The lowest BCUT2D eigenvalue weighted by Crippen LogP contribution is -1.86. The summed E-state index contributed by atoms with van der Waals surface area (Å²) in [5.41, 5.74) is 5.57. The zero-order chi connectivity index (χ0) is 16.5. The maximum atomic E-state index is 2.24. The van der Waals surface area contributed by atoms with Gasteiger partial charge in [0.05, 0.1) is 0 Å². The van der Waals surface area contributed by atoms with Gasteiger partial charge in [0.25, 0.3) is 0 Å². The lowest BCUT2D eigenvalue weighted by atomic mass is 10.0.